The van der Waals surface area contributed by atoms with Gasteiger partial charge in [0.1, 0.15) is 0 Å². The van der Waals surface area contributed by atoms with Crippen molar-refractivity contribution in [1.29, 1.82) is 0 Å². The monoisotopic (exact) mass is 336 g/mol. The number of aromatic nitrogens is 3. The molecule has 6 nitrogen and oxygen atoms in total. The Morgan fingerprint density at radius 2 is 1.92 bits per heavy atom. The van der Waals surface area contributed by atoms with Crippen molar-refractivity contribution in [2.24, 2.45) is 0 Å². The van der Waals surface area contributed by atoms with Gasteiger partial charge in [0, 0.05) is 43.4 Å². The van der Waals surface area contributed by atoms with Gasteiger partial charge in [-0.05, 0) is 35.4 Å². The number of pyridine rings is 1. The smallest absolute Gasteiger partial charge is 0.254 e. The van der Waals surface area contributed by atoms with Gasteiger partial charge in [-0.1, -0.05) is 18.2 Å². The van der Waals surface area contributed by atoms with Crippen LogP contribution in [0.25, 0.3) is 0 Å². The van der Waals surface area contributed by atoms with Crippen LogP contribution in [0.5, 0.6) is 0 Å². The van der Waals surface area contributed by atoms with Crippen molar-refractivity contribution < 1.29 is 9.90 Å². The molecular weight excluding hydrogens is 316 g/mol. The third-order valence-electron chi connectivity index (χ3n) is 3.86. The van der Waals surface area contributed by atoms with E-state index in [1.165, 1.54) is 0 Å². The number of amides is 1. The molecule has 25 heavy (non-hydrogen) atoms. The molecule has 128 valence electrons. The third kappa shape index (κ3) is 4.51. The fourth-order valence-electron chi connectivity index (χ4n) is 2.60. The first kappa shape index (κ1) is 16.9. The molecule has 1 N–H and O–H groups in total. The molecule has 1 amide bonds. The van der Waals surface area contributed by atoms with Gasteiger partial charge in [-0.2, -0.15) is 5.10 Å². The summed E-state index contributed by atoms with van der Waals surface area (Å²) in [6, 6.07) is 13.1. The number of benzene rings is 1. The first-order chi connectivity index (χ1) is 12.3. The van der Waals surface area contributed by atoms with Gasteiger partial charge in [0.25, 0.3) is 5.91 Å². The summed E-state index contributed by atoms with van der Waals surface area (Å²) in [4.78, 5) is 18.4. The van der Waals surface area contributed by atoms with E-state index in [0.29, 0.717) is 18.7 Å². The molecule has 0 radical (unpaired) electrons. The van der Waals surface area contributed by atoms with Gasteiger partial charge >= 0.3 is 0 Å². The summed E-state index contributed by atoms with van der Waals surface area (Å²) in [5.74, 6) is -0.108. The van der Waals surface area contributed by atoms with Gasteiger partial charge in [-0.3, -0.25) is 14.5 Å². The fourth-order valence-corrected chi connectivity index (χ4v) is 2.60. The SMILES string of the molecule is O=C(c1ccc(Cn2cccn2)cc1)N(CCO)Cc1cccnc1. The van der Waals surface area contributed by atoms with Crippen molar-refractivity contribution in [1.82, 2.24) is 19.7 Å². The normalized spacial score (nSPS) is 10.6. The predicted molar refractivity (Wildman–Crippen MR) is 93.8 cm³/mol. The van der Waals surface area contributed by atoms with Crippen molar-refractivity contribution in [3.63, 3.8) is 0 Å². The van der Waals surface area contributed by atoms with Crippen LogP contribution in [0.1, 0.15) is 21.5 Å². The molecule has 0 aliphatic heterocycles. The van der Waals surface area contributed by atoms with Crippen LogP contribution >= 0.6 is 0 Å². The zero-order chi connectivity index (χ0) is 17.5. The molecule has 6 heteroatoms. The van der Waals surface area contributed by atoms with Gasteiger partial charge in [-0.25, -0.2) is 0 Å². The summed E-state index contributed by atoms with van der Waals surface area (Å²) >= 11 is 0. The second-order valence-corrected chi connectivity index (χ2v) is 5.71. The molecule has 2 aromatic heterocycles. The highest BCUT2D eigenvalue weighted by Crippen LogP contribution is 2.11. The van der Waals surface area contributed by atoms with Crippen molar-refractivity contribution in [3.05, 3.63) is 83.9 Å². The maximum Gasteiger partial charge on any atom is 0.254 e. The molecule has 0 atom stereocenters. The van der Waals surface area contributed by atoms with Gasteiger partial charge in [-0.15, -0.1) is 0 Å². The van der Waals surface area contributed by atoms with E-state index in [1.54, 1.807) is 23.5 Å². The number of rotatable bonds is 7. The molecule has 0 spiro atoms. The molecule has 0 aliphatic rings. The fraction of sp³-hybridized carbons (Fsp3) is 0.211. The Morgan fingerprint density at radius 1 is 1.08 bits per heavy atom. The minimum absolute atomic E-state index is 0.0800. The molecular formula is C19H20N4O2. The lowest BCUT2D eigenvalue weighted by atomic mass is 10.1. The minimum Gasteiger partial charge on any atom is -0.395 e. The topological polar surface area (TPSA) is 71.2 Å². The standard InChI is InChI=1S/C19H20N4O2/c24-12-11-22(14-17-3-1-8-20-13-17)19(25)18-6-4-16(5-7-18)15-23-10-2-9-21-23/h1-10,13,24H,11-12,14-15H2. The lowest BCUT2D eigenvalue weighted by Gasteiger charge is -2.22. The van der Waals surface area contributed by atoms with Crippen LogP contribution in [0.2, 0.25) is 0 Å². The predicted octanol–water partition coefficient (Wildman–Crippen LogP) is 1.96. The number of nitrogens with zero attached hydrogens (tertiary/aromatic N) is 4. The maximum atomic E-state index is 12.7. The Morgan fingerprint density at radius 3 is 2.56 bits per heavy atom. The maximum absolute atomic E-state index is 12.7. The molecule has 0 saturated carbocycles. The van der Waals surface area contributed by atoms with Crippen LogP contribution in [0.15, 0.2) is 67.3 Å². The van der Waals surface area contributed by atoms with Crippen molar-refractivity contribution in [3.8, 4) is 0 Å². The highest BCUT2D eigenvalue weighted by molar-refractivity contribution is 5.94. The molecule has 0 fully saturated rings. The van der Waals surface area contributed by atoms with E-state index in [1.807, 2.05) is 53.3 Å². The van der Waals surface area contributed by atoms with Crippen LogP contribution in [0.3, 0.4) is 0 Å². The van der Waals surface area contributed by atoms with Crippen molar-refractivity contribution in [2.75, 3.05) is 13.2 Å². The zero-order valence-corrected chi connectivity index (χ0v) is 13.8. The summed E-state index contributed by atoms with van der Waals surface area (Å²) in [5, 5.41) is 13.5. The van der Waals surface area contributed by atoms with Crippen LogP contribution in [-0.2, 0) is 13.1 Å². The number of aliphatic hydroxyl groups is 1. The Labute approximate surface area is 146 Å². The lowest BCUT2D eigenvalue weighted by Crippen LogP contribution is -2.33. The number of carbonyl (C=O) groups is 1. The number of hydrogen-bond acceptors (Lipinski definition) is 4. The Balaban J connectivity index is 1.70. The van der Waals surface area contributed by atoms with Gasteiger partial charge in [0.05, 0.1) is 13.2 Å². The molecule has 1 aromatic carbocycles. The zero-order valence-electron chi connectivity index (χ0n) is 13.8. The summed E-state index contributed by atoms with van der Waals surface area (Å²) in [6.07, 6.45) is 7.06. The summed E-state index contributed by atoms with van der Waals surface area (Å²) < 4.78 is 1.83. The van der Waals surface area contributed by atoms with Crippen LogP contribution < -0.4 is 0 Å². The molecule has 0 bridgehead atoms. The molecule has 2 heterocycles. The van der Waals surface area contributed by atoms with E-state index in [9.17, 15) is 9.90 Å². The Bertz CT molecular complexity index is 786. The molecule has 3 aromatic rings. The van der Waals surface area contributed by atoms with Crippen LogP contribution in [0, 0.1) is 0 Å². The van der Waals surface area contributed by atoms with E-state index in [-0.39, 0.29) is 19.1 Å². The average Bonchev–Trinajstić information content (AvgIpc) is 3.15. The lowest BCUT2D eigenvalue weighted by molar-refractivity contribution is 0.0707. The molecule has 0 unspecified atom stereocenters. The van der Waals surface area contributed by atoms with E-state index < -0.39 is 0 Å². The minimum atomic E-state index is -0.108. The van der Waals surface area contributed by atoms with Crippen molar-refractivity contribution in [2.45, 2.75) is 13.1 Å². The van der Waals surface area contributed by atoms with Crippen LogP contribution in [0.4, 0.5) is 0 Å². The Kier molecular flexibility index (Phi) is 5.53. The third-order valence-corrected chi connectivity index (χ3v) is 3.86. The van der Waals surface area contributed by atoms with Gasteiger partial charge in [0.2, 0.25) is 0 Å². The second kappa shape index (κ2) is 8.21. The number of hydrogen-bond donors (Lipinski definition) is 1. The van der Waals surface area contributed by atoms with Crippen molar-refractivity contribution >= 4 is 5.91 Å². The summed E-state index contributed by atoms with van der Waals surface area (Å²) in [7, 11) is 0. The Hall–Kier alpha value is -2.99. The highest BCUT2D eigenvalue weighted by atomic mass is 16.3. The van der Waals surface area contributed by atoms with E-state index in [4.69, 9.17) is 0 Å². The van der Waals surface area contributed by atoms with Gasteiger partial charge in [0.15, 0.2) is 0 Å². The van der Waals surface area contributed by atoms with E-state index in [2.05, 4.69) is 10.1 Å². The number of carbonyl (C=O) groups excluding carboxylic acids is 1. The highest BCUT2D eigenvalue weighted by Gasteiger charge is 2.16. The number of aliphatic hydroxyl groups excluding tert-OH is 1. The largest absolute Gasteiger partial charge is 0.395 e. The van der Waals surface area contributed by atoms with Crippen LogP contribution in [-0.4, -0.2) is 43.8 Å². The average molecular weight is 336 g/mol. The molecule has 3 rings (SSSR count). The van der Waals surface area contributed by atoms with E-state index >= 15 is 0 Å². The molecule has 0 saturated heterocycles. The first-order valence-corrected chi connectivity index (χ1v) is 8.11. The quantitative estimate of drug-likeness (QED) is 0.716. The molecule has 0 aliphatic carbocycles. The van der Waals surface area contributed by atoms with Gasteiger partial charge < -0.3 is 10.0 Å². The summed E-state index contributed by atoms with van der Waals surface area (Å²) in [5.41, 5.74) is 2.60. The second-order valence-electron chi connectivity index (χ2n) is 5.71. The first-order valence-electron chi connectivity index (χ1n) is 8.11. The van der Waals surface area contributed by atoms with E-state index in [0.717, 1.165) is 11.1 Å². The summed E-state index contributed by atoms with van der Waals surface area (Å²) in [6.45, 7) is 1.28.